The number of thiophene rings is 1. The van der Waals surface area contributed by atoms with E-state index in [0.29, 0.717) is 22.3 Å². The minimum absolute atomic E-state index is 0.310. The van der Waals surface area contributed by atoms with Gasteiger partial charge >= 0.3 is 5.97 Å². The second-order valence-electron chi connectivity index (χ2n) is 5.43. The second-order valence-corrected chi connectivity index (χ2v) is 7.23. The number of nitrogens with one attached hydrogen (secondary N) is 1. The Bertz CT molecular complexity index is 816. The lowest BCUT2D eigenvalue weighted by Crippen LogP contribution is -2.47. The summed E-state index contributed by atoms with van der Waals surface area (Å²) in [6.45, 7) is 4.00. The fraction of sp³-hybridized carbons (Fsp3) is 0.222. The van der Waals surface area contributed by atoms with Crippen LogP contribution in [0.4, 0.5) is 5.69 Å². The maximum atomic E-state index is 12.6. The van der Waals surface area contributed by atoms with Gasteiger partial charge in [-0.1, -0.05) is 17.7 Å². The summed E-state index contributed by atoms with van der Waals surface area (Å²) < 4.78 is 5.30. The van der Waals surface area contributed by atoms with Crippen LogP contribution in [0.5, 0.6) is 0 Å². The van der Waals surface area contributed by atoms with E-state index in [0.717, 1.165) is 16.3 Å². The molecule has 1 aliphatic rings. The smallest absolute Gasteiger partial charge is 0.338 e. The predicted molar refractivity (Wildman–Crippen MR) is 106 cm³/mol. The molecular formula is C18H17ClN2O2S2. The van der Waals surface area contributed by atoms with Gasteiger partial charge in [-0.05, 0) is 61.8 Å². The molecule has 1 aromatic heterocycles. The van der Waals surface area contributed by atoms with Gasteiger partial charge in [0.05, 0.1) is 18.2 Å². The number of carbonyl (C=O) groups is 1. The molecule has 2 heterocycles. The summed E-state index contributed by atoms with van der Waals surface area (Å²) in [6.07, 6.45) is 0. The van der Waals surface area contributed by atoms with E-state index in [4.69, 9.17) is 28.6 Å². The topological polar surface area (TPSA) is 41.6 Å². The molecule has 4 nitrogen and oxygen atoms in total. The number of halogens is 1. The maximum absolute atomic E-state index is 12.6. The molecule has 0 radical (unpaired) electrons. The number of allylic oxidation sites excluding steroid dienone is 1. The number of thiocarbonyl (C=S) groups is 1. The third-order valence-corrected chi connectivity index (χ3v) is 5.38. The van der Waals surface area contributed by atoms with Crippen molar-refractivity contribution in [2.75, 3.05) is 11.5 Å². The molecular weight excluding hydrogens is 376 g/mol. The fourth-order valence-corrected chi connectivity index (χ4v) is 4.06. The molecule has 0 saturated heterocycles. The number of esters is 1. The molecule has 0 fully saturated rings. The number of ether oxygens (including phenoxy) is 1. The van der Waals surface area contributed by atoms with Gasteiger partial charge in [0.25, 0.3) is 0 Å². The van der Waals surface area contributed by atoms with Gasteiger partial charge < -0.3 is 10.1 Å². The first-order valence-electron chi connectivity index (χ1n) is 7.80. The van der Waals surface area contributed by atoms with E-state index in [1.165, 1.54) is 0 Å². The van der Waals surface area contributed by atoms with Crippen molar-refractivity contribution in [1.29, 1.82) is 0 Å². The molecule has 7 heteroatoms. The van der Waals surface area contributed by atoms with E-state index in [1.54, 1.807) is 30.4 Å². The highest BCUT2D eigenvalue weighted by Crippen LogP contribution is 2.36. The molecule has 1 aliphatic heterocycles. The monoisotopic (exact) mass is 392 g/mol. The summed E-state index contributed by atoms with van der Waals surface area (Å²) in [6, 6.07) is 11.0. The molecule has 130 valence electrons. The van der Waals surface area contributed by atoms with Crippen LogP contribution in [0, 0.1) is 0 Å². The first kappa shape index (κ1) is 17.9. The Morgan fingerprint density at radius 2 is 2.08 bits per heavy atom. The third-order valence-electron chi connectivity index (χ3n) is 3.89. The fourth-order valence-electron chi connectivity index (χ4n) is 2.79. The van der Waals surface area contributed by atoms with Crippen molar-refractivity contribution in [2.45, 2.75) is 19.9 Å². The SMILES string of the molecule is CCOC(=O)C1=C(C)N(c2ccc(Cl)cc2)C(=S)N[C@@H]1c1cccs1. The van der Waals surface area contributed by atoms with Crippen LogP contribution in [0.25, 0.3) is 0 Å². The summed E-state index contributed by atoms with van der Waals surface area (Å²) in [5, 5.41) is 6.43. The third kappa shape index (κ3) is 3.56. The van der Waals surface area contributed by atoms with Crippen molar-refractivity contribution in [1.82, 2.24) is 5.32 Å². The quantitative estimate of drug-likeness (QED) is 0.604. The van der Waals surface area contributed by atoms with Crippen LogP contribution in [-0.2, 0) is 9.53 Å². The molecule has 1 atom stereocenters. The highest BCUT2D eigenvalue weighted by molar-refractivity contribution is 7.80. The Balaban J connectivity index is 2.10. The van der Waals surface area contributed by atoms with Gasteiger partial charge in [-0.3, -0.25) is 4.90 Å². The lowest BCUT2D eigenvalue weighted by atomic mass is 10.0. The summed E-state index contributed by atoms with van der Waals surface area (Å²) in [7, 11) is 0. The normalized spacial score (nSPS) is 17.5. The minimum atomic E-state index is -0.340. The van der Waals surface area contributed by atoms with E-state index >= 15 is 0 Å². The zero-order chi connectivity index (χ0) is 18.0. The molecule has 1 N–H and O–H groups in total. The number of anilines is 1. The van der Waals surface area contributed by atoms with Crippen LogP contribution >= 0.6 is 35.2 Å². The number of carbonyl (C=O) groups excluding carboxylic acids is 1. The zero-order valence-electron chi connectivity index (χ0n) is 13.8. The van der Waals surface area contributed by atoms with Crippen LogP contribution in [0.1, 0.15) is 24.8 Å². The first-order chi connectivity index (χ1) is 12.0. The molecule has 3 rings (SSSR count). The van der Waals surface area contributed by atoms with E-state index in [-0.39, 0.29) is 12.0 Å². The predicted octanol–water partition coefficient (Wildman–Crippen LogP) is 4.67. The Labute approximate surface area is 161 Å². The average molecular weight is 393 g/mol. The number of hydrogen-bond donors (Lipinski definition) is 1. The van der Waals surface area contributed by atoms with Crippen LogP contribution in [-0.4, -0.2) is 17.7 Å². The maximum Gasteiger partial charge on any atom is 0.338 e. The zero-order valence-corrected chi connectivity index (χ0v) is 16.2. The lowest BCUT2D eigenvalue weighted by molar-refractivity contribution is -0.139. The van der Waals surface area contributed by atoms with Gasteiger partial charge in [-0.15, -0.1) is 11.3 Å². The Morgan fingerprint density at radius 1 is 1.36 bits per heavy atom. The molecule has 0 aliphatic carbocycles. The van der Waals surface area contributed by atoms with Crippen LogP contribution < -0.4 is 10.2 Å². The Kier molecular flexibility index (Phi) is 5.42. The van der Waals surface area contributed by atoms with Gasteiger partial charge in [0.1, 0.15) is 0 Å². The molecule has 0 amide bonds. The Hall–Kier alpha value is -1.89. The molecule has 0 spiro atoms. The van der Waals surface area contributed by atoms with E-state index < -0.39 is 0 Å². The van der Waals surface area contributed by atoms with Crippen molar-refractivity contribution >= 4 is 51.9 Å². The summed E-state index contributed by atoms with van der Waals surface area (Å²) in [5.41, 5.74) is 2.15. The van der Waals surface area contributed by atoms with Crippen LogP contribution in [0.3, 0.4) is 0 Å². The van der Waals surface area contributed by atoms with Gasteiger partial charge in [-0.25, -0.2) is 4.79 Å². The van der Waals surface area contributed by atoms with E-state index in [2.05, 4.69) is 5.32 Å². The molecule has 25 heavy (non-hydrogen) atoms. The Morgan fingerprint density at radius 3 is 2.68 bits per heavy atom. The minimum Gasteiger partial charge on any atom is -0.463 e. The van der Waals surface area contributed by atoms with Gasteiger partial charge in [0.2, 0.25) is 0 Å². The average Bonchev–Trinajstić information content (AvgIpc) is 3.10. The molecule has 0 bridgehead atoms. The summed E-state index contributed by atoms with van der Waals surface area (Å²) >= 11 is 13.1. The summed E-state index contributed by atoms with van der Waals surface area (Å²) in [4.78, 5) is 15.5. The lowest BCUT2D eigenvalue weighted by Gasteiger charge is -2.37. The molecule has 0 saturated carbocycles. The second kappa shape index (κ2) is 7.56. The summed E-state index contributed by atoms with van der Waals surface area (Å²) in [5.74, 6) is -0.340. The number of hydrogen-bond acceptors (Lipinski definition) is 4. The highest BCUT2D eigenvalue weighted by Gasteiger charge is 2.35. The van der Waals surface area contributed by atoms with Crippen molar-refractivity contribution in [3.8, 4) is 0 Å². The highest BCUT2D eigenvalue weighted by atomic mass is 35.5. The van der Waals surface area contributed by atoms with Crippen molar-refractivity contribution in [3.05, 3.63) is 62.9 Å². The van der Waals surface area contributed by atoms with Crippen molar-refractivity contribution in [2.24, 2.45) is 0 Å². The van der Waals surface area contributed by atoms with Crippen LogP contribution in [0.2, 0.25) is 5.02 Å². The van der Waals surface area contributed by atoms with Crippen molar-refractivity contribution in [3.63, 3.8) is 0 Å². The van der Waals surface area contributed by atoms with E-state index in [9.17, 15) is 4.79 Å². The first-order valence-corrected chi connectivity index (χ1v) is 9.47. The van der Waals surface area contributed by atoms with Gasteiger partial charge in [-0.2, -0.15) is 0 Å². The van der Waals surface area contributed by atoms with Crippen molar-refractivity contribution < 1.29 is 9.53 Å². The standard InChI is InChI=1S/C18H17ClN2O2S2/c1-3-23-17(22)15-11(2)21(13-8-6-12(19)7-9-13)18(24)20-16(15)14-5-4-10-25-14/h4-10,16H,3H2,1-2H3,(H,20,24)/t16-/m1/s1. The van der Waals surface area contributed by atoms with Crippen LogP contribution in [0.15, 0.2) is 53.0 Å². The van der Waals surface area contributed by atoms with E-state index in [1.807, 2.05) is 41.5 Å². The number of benzene rings is 1. The number of nitrogens with zero attached hydrogens (tertiary/aromatic N) is 1. The number of rotatable bonds is 4. The molecule has 2 aromatic rings. The largest absolute Gasteiger partial charge is 0.463 e. The van der Waals surface area contributed by atoms with Gasteiger partial charge in [0.15, 0.2) is 5.11 Å². The van der Waals surface area contributed by atoms with Gasteiger partial charge in [0, 0.05) is 21.3 Å². The molecule has 0 unspecified atom stereocenters. The molecule has 1 aromatic carbocycles.